The van der Waals surface area contributed by atoms with Crippen LogP contribution < -0.4 is 5.32 Å². The Morgan fingerprint density at radius 2 is 1.71 bits per heavy atom. The van der Waals surface area contributed by atoms with E-state index in [0.717, 1.165) is 30.7 Å². The number of hydrogen-bond donors (Lipinski definition) is 1. The molecule has 34 heavy (non-hydrogen) atoms. The van der Waals surface area contributed by atoms with Gasteiger partial charge in [-0.05, 0) is 58.7 Å². The van der Waals surface area contributed by atoms with Crippen LogP contribution in [-0.4, -0.2) is 86.2 Å². The molecule has 0 aliphatic carbocycles. The minimum absolute atomic E-state index is 0.163. The topological polar surface area (TPSA) is 82.2 Å². The molecule has 8 heteroatoms. The molecule has 4 amide bonds. The van der Waals surface area contributed by atoms with E-state index < -0.39 is 17.7 Å². The van der Waals surface area contributed by atoms with E-state index in [1.807, 2.05) is 32.8 Å². The van der Waals surface area contributed by atoms with Gasteiger partial charge >= 0.3 is 6.03 Å². The number of nitrogens with one attached hydrogen (secondary N) is 1. The Bertz CT molecular complexity index is 821. The lowest BCUT2D eigenvalue weighted by molar-refractivity contribution is -0.211. The average Bonchev–Trinajstić information content (AvgIpc) is 2.81. The quantitative estimate of drug-likeness (QED) is 0.351. The predicted molar refractivity (Wildman–Crippen MR) is 133 cm³/mol. The van der Waals surface area contributed by atoms with Gasteiger partial charge in [-0.3, -0.25) is 9.59 Å². The van der Waals surface area contributed by atoms with Gasteiger partial charge in [0.25, 0.3) is 0 Å². The highest BCUT2D eigenvalue weighted by Gasteiger charge is 2.62. The number of carbonyl (C=O) groups is 3. The second kappa shape index (κ2) is 12.9. The number of unbranched alkanes of at least 4 members (excludes halogenated alkanes) is 1. The molecule has 1 aromatic carbocycles. The van der Waals surface area contributed by atoms with E-state index in [1.54, 1.807) is 11.9 Å². The van der Waals surface area contributed by atoms with Crippen LogP contribution in [0.1, 0.15) is 50.7 Å². The van der Waals surface area contributed by atoms with Crippen molar-refractivity contribution in [3.05, 3.63) is 35.4 Å². The lowest BCUT2D eigenvalue weighted by atomic mass is 9.72. The fourth-order valence-electron chi connectivity index (χ4n) is 4.19. The molecule has 1 aliphatic heterocycles. The number of carbonyl (C=O) groups excluding carboxylic acids is 3. The lowest BCUT2D eigenvalue weighted by Gasteiger charge is -2.53. The van der Waals surface area contributed by atoms with Gasteiger partial charge in [0, 0.05) is 26.7 Å². The first-order chi connectivity index (χ1) is 16.2. The number of β-lactam (4-membered cyclic amide) rings is 1. The second-order valence-corrected chi connectivity index (χ2v) is 9.49. The summed E-state index contributed by atoms with van der Waals surface area (Å²) in [6.07, 6.45) is 3.08. The first-order valence-electron chi connectivity index (χ1n) is 12.3. The summed E-state index contributed by atoms with van der Waals surface area (Å²) in [5, 5.41) is 2.85. The Morgan fingerprint density at radius 1 is 1.06 bits per heavy atom. The summed E-state index contributed by atoms with van der Waals surface area (Å²) in [5.74, 6) is -0.396. The monoisotopic (exact) mass is 474 g/mol. The third-order valence-electron chi connectivity index (χ3n) is 6.79. The van der Waals surface area contributed by atoms with E-state index in [-0.39, 0.29) is 18.4 Å². The number of hydrogen-bond acceptors (Lipinski definition) is 5. The van der Waals surface area contributed by atoms with Crippen LogP contribution in [0.5, 0.6) is 0 Å². The Balaban J connectivity index is 1.87. The van der Waals surface area contributed by atoms with Crippen LogP contribution in [0.2, 0.25) is 0 Å². The van der Waals surface area contributed by atoms with E-state index >= 15 is 0 Å². The first-order valence-corrected chi connectivity index (χ1v) is 12.3. The van der Waals surface area contributed by atoms with E-state index in [1.165, 1.54) is 11.1 Å². The molecule has 0 saturated carbocycles. The molecule has 190 valence electrons. The van der Waals surface area contributed by atoms with Crippen molar-refractivity contribution in [3.63, 3.8) is 0 Å². The number of ether oxygens (including phenoxy) is 1. The number of rotatable bonds is 13. The van der Waals surface area contributed by atoms with Gasteiger partial charge in [0.05, 0.1) is 5.41 Å². The summed E-state index contributed by atoms with van der Waals surface area (Å²) >= 11 is 0. The smallest absolute Gasteiger partial charge is 0.326 e. The molecule has 1 atom stereocenters. The maximum Gasteiger partial charge on any atom is 0.326 e. The van der Waals surface area contributed by atoms with Crippen molar-refractivity contribution >= 4 is 17.8 Å². The SMILES string of the molecule is CCC1(CC)C(=O)N(C(=O)NCCCCc2ccc(C)cc2)[C@H]1OCC(=O)N(C)CCN(C)C. The molecule has 0 spiro atoms. The molecule has 1 aliphatic rings. The highest BCUT2D eigenvalue weighted by Crippen LogP contribution is 2.45. The number of likely N-dealkylation sites (tertiary alicyclic amines) is 1. The molecular formula is C26H42N4O4. The van der Waals surface area contributed by atoms with Gasteiger partial charge in [0.1, 0.15) is 6.61 Å². The van der Waals surface area contributed by atoms with Gasteiger partial charge in [-0.15, -0.1) is 0 Å². The van der Waals surface area contributed by atoms with Gasteiger partial charge in [-0.25, -0.2) is 9.69 Å². The van der Waals surface area contributed by atoms with Crippen molar-refractivity contribution in [1.82, 2.24) is 20.0 Å². The molecule has 2 rings (SSSR count). The van der Waals surface area contributed by atoms with Crippen LogP contribution in [-0.2, 0) is 20.7 Å². The molecular weight excluding hydrogens is 432 g/mol. The third-order valence-corrected chi connectivity index (χ3v) is 6.79. The van der Waals surface area contributed by atoms with Crippen LogP contribution in [0.15, 0.2) is 24.3 Å². The van der Waals surface area contributed by atoms with Crippen molar-refractivity contribution < 1.29 is 19.1 Å². The van der Waals surface area contributed by atoms with Crippen LogP contribution in [0.4, 0.5) is 4.79 Å². The molecule has 1 saturated heterocycles. The number of amides is 4. The molecule has 0 unspecified atom stereocenters. The maximum absolute atomic E-state index is 12.9. The summed E-state index contributed by atoms with van der Waals surface area (Å²) in [6, 6.07) is 8.01. The summed E-state index contributed by atoms with van der Waals surface area (Å²) in [4.78, 5) is 43.0. The Kier molecular flexibility index (Phi) is 10.5. The van der Waals surface area contributed by atoms with Gasteiger partial charge in [-0.2, -0.15) is 0 Å². The molecule has 1 N–H and O–H groups in total. The van der Waals surface area contributed by atoms with E-state index in [9.17, 15) is 14.4 Å². The number of nitrogens with zero attached hydrogens (tertiary/aromatic N) is 3. The molecule has 1 aromatic rings. The minimum atomic E-state index is -0.759. The maximum atomic E-state index is 12.9. The highest BCUT2D eigenvalue weighted by atomic mass is 16.5. The largest absolute Gasteiger partial charge is 0.347 e. The number of urea groups is 1. The van der Waals surface area contributed by atoms with Crippen molar-refractivity contribution in [2.24, 2.45) is 5.41 Å². The second-order valence-electron chi connectivity index (χ2n) is 9.49. The molecule has 1 heterocycles. The summed E-state index contributed by atoms with van der Waals surface area (Å²) < 4.78 is 5.90. The van der Waals surface area contributed by atoms with E-state index in [0.29, 0.717) is 25.9 Å². The fourth-order valence-corrected chi connectivity index (χ4v) is 4.19. The first kappa shape index (κ1) is 27.8. The van der Waals surface area contributed by atoms with Gasteiger partial charge in [-0.1, -0.05) is 43.7 Å². The number of likely N-dealkylation sites (N-methyl/N-ethyl adjacent to an activating group) is 2. The molecule has 1 fully saturated rings. The van der Waals surface area contributed by atoms with Gasteiger partial charge < -0.3 is 19.9 Å². The van der Waals surface area contributed by atoms with E-state index in [4.69, 9.17) is 4.74 Å². The molecule has 0 radical (unpaired) electrons. The summed E-state index contributed by atoms with van der Waals surface area (Å²) in [5.41, 5.74) is 1.76. The molecule has 8 nitrogen and oxygen atoms in total. The van der Waals surface area contributed by atoms with Crippen molar-refractivity contribution in [2.45, 2.75) is 59.1 Å². The zero-order valence-electron chi connectivity index (χ0n) is 21.7. The Labute approximate surface area is 204 Å². The predicted octanol–water partition coefficient (Wildman–Crippen LogP) is 3.04. The zero-order valence-corrected chi connectivity index (χ0v) is 21.7. The van der Waals surface area contributed by atoms with Crippen LogP contribution in [0.3, 0.4) is 0 Å². The van der Waals surface area contributed by atoms with Crippen molar-refractivity contribution in [1.29, 1.82) is 0 Å². The number of benzene rings is 1. The molecule has 0 bridgehead atoms. The summed E-state index contributed by atoms with van der Waals surface area (Å²) in [6.45, 7) is 7.56. The van der Waals surface area contributed by atoms with Crippen molar-refractivity contribution in [2.75, 3.05) is 47.4 Å². The van der Waals surface area contributed by atoms with Gasteiger partial charge in [0.15, 0.2) is 6.23 Å². The number of imide groups is 1. The zero-order chi connectivity index (χ0) is 25.3. The highest BCUT2D eigenvalue weighted by molar-refractivity contribution is 6.03. The summed E-state index contributed by atoms with van der Waals surface area (Å²) in [7, 11) is 5.63. The Morgan fingerprint density at radius 3 is 2.29 bits per heavy atom. The standard InChI is InChI=1S/C26H42N4O4/c1-7-26(8-2)23(32)30(24(26)34-19-22(31)29(6)18-17-28(4)5)25(33)27-16-10-9-11-21-14-12-20(3)13-15-21/h12-15,24H,7-11,16-19H2,1-6H3,(H,27,33)/t24-/m0/s1. The lowest BCUT2D eigenvalue weighted by Crippen LogP contribution is -2.72. The molecule has 0 aromatic heterocycles. The Hall–Kier alpha value is -2.45. The third kappa shape index (κ3) is 6.79. The van der Waals surface area contributed by atoms with Crippen LogP contribution in [0, 0.1) is 12.3 Å². The normalized spacial score (nSPS) is 17.0. The minimum Gasteiger partial charge on any atom is -0.347 e. The average molecular weight is 475 g/mol. The van der Waals surface area contributed by atoms with Crippen LogP contribution >= 0.6 is 0 Å². The van der Waals surface area contributed by atoms with Crippen molar-refractivity contribution in [3.8, 4) is 0 Å². The van der Waals surface area contributed by atoms with E-state index in [2.05, 4.69) is 36.5 Å². The fraction of sp³-hybridized carbons (Fsp3) is 0.654. The number of aryl methyl sites for hydroxylation is 2. The van der Waals surface area contributed by atoms with Gasteiger partial charge in [0.2, 0.25) is 11.8 Å². The van der Waals surface area contributed by atoms with Crippen LogP contribution in [0.25, 0.3) is 0 Å².